The summed E-state index contributed by atoms with van der Waals surface area (Å²) < 4.78 is 5.88. The standard InChI is InChI=1S/C21H28N2O2/c1-14(2)18-9-11-19(12-10-18)23-21(24)22-17(5)13-25-20-15(3)7-6-8-16(20)4/h6-12,14,17H,13H2,1-5H3,(H2,22,23,24). The van der Waals surface area contributed by atoms with Crippen LogP contribution in [-0.4, -0.2) is 18.7 Å². The van der Waals surface area contributed by atoms with Crippen molar-refractivity contribution in [2.45, 2.75) is 46.6 Å². The maximum Gasteiger partial charge on any atom is 0.319 e. The van der Waals surface area contributed by atoms with Gasteiger partial charge in [0.25, 0.3) is 0 Å². The molecular formula is C21H28N2O2. The number of carbonyl (C=O) groups is 1. The average Bonchev–Trinajstić information content (AvgIpc) is 2.54. The molecule has 2 amide bonds. The van der Waals surface area contributed by atoms with Crippen LogP contribution in [0.3, 0.4) is 0 Å². The lowest BCUT2D eigenvalue weighted by Crippen LogP contribution is -2.39. The van der Waals surface area contributed by atoms with Crippen LogP contribution in [0.5, 0.6) is 5.75 Å². The smallest absolute Gasteiger partial charge is 0.319 e. The molecule has 0 spiro atoms. The Morgan fingerprint density at radius 2 is 1.60 bits per heavy atom. The van der Waals surface area contributed by atoms with Crippen molar-refractivity contribution in [2.24, 2.45) is 0 Å². The minimum atomic E-state index is -0.227. The van der Waals surface area contributed by atoms with E-state index in [1.54, 1.807) is 0 Å². The average molecular weight is 340 g/mol. The highest BCUT2D eigenvalue weighted by Crippen LogP contribution is 2.22. The van der Waals surface area contributed by atoms with E-state index in [0.29, 0.717) is 12.5 Å². The van der Waals surface area contributed by atoms with E-state index in [1.165, 1.54) is 5.56 Å². The first kappa shape index (κ1) is 18.8. The molecule has 0 bridgehead atoms. The van der Waals surface area contributed by atoms with E-state index in [0.717, 1.165) is 22.6 Å². The third-order valence-electron chi connectivity index (χ3n) is 4.10. The van der Waals surface area contributed by atoms with E-state index in [2.05, 4.69) is 24.5 Å². The van der Waals surface area contributed by atoms with E-state index in [-0.39, 0.29) is 12.1 Å². The van der Waals surface area contributed by atoms with Crippen molar-refractivity contribution >= 4 is 11.7 Å². The van der Waals surface area contributed by atoms with Crippen molar-refractivity contribution < 1.29 is 9.53 Å². The molecule has 1 unspecified atom stereocenters. The van der Waals surface area contributed by atoms with E-state index in [4.69, 9.17) is 4.74 Å². The summed E-state index contributed by atoms with van der Waals surface area (Å²) in [5.74, 6) is 1.37. The molecule has 2 aromatic carbocycles. The predicted molar refractivity (Wildman–Crippen MR) is 104 cm³/mol. The highest BCUT2D eigenvalue weighted by atomic mass is 16.5. The number of para-hydroxylation sites is 1. The molecule has 0 fully saturated rings. The molecule has 0 aliphatic carbocycles. The SMILES string of the molecule is Cc1cccc(C)c1OCC(C)NC(=O)Nc1ccc(C(C)C)cc1. The molecule has 0 saturated carbocycles. The monoisotopic (exact) mass is 340 g/mol. The number of amides is 2. The van der Waals surface area contributed by atoms with Crippen molar-refractivity contribution in [1.82, 2.24) is 5.32 Å². The normalized spacial score (nSPS) is 11.9. The first-order valence-corrected chi connectivity index (χ1v) is 8.73. The molecule has 4 heteroatoms. The number of hydrogen-bond donors (Lipinski definition) is 2. The summed E-state index contributed by atoms with van der Waals surface area (Å²) in [5.41, 5.74) is 4.23. The predicted octanol–water partition coefficient (Wildman–Crippen LogP) is 5.02. The number of anilines is 1. The van der Waals surface area contributed by atoms with Gasteiger partial charge in [-0.2, -0.15) is 0 Å². The minimum absolute atomic E-state index is 0.103. The minimum Gasteiger partial charge on any atom is -0.491 e. The van der Waals surface area contributed by atoms with Crippen LogP contribution in [0, 0.1) is 13.8 Å². The van der Waals surface area contributed by atoms with Crippen LogP contribution in [0.15, 0.2) is 42.5 Å². The van der Waals surface area contributed by atoms with Gasteiger partial charge >= 0.3 is 6.03 Å². The van der Waals surface area contributed by atoms with Crippen LogP contribution in [0.25, 0.3) is 0 Å². The first-order chi connectivity index (χ1) is 11.9. The molecule has 134 valence electrons. The van der Waals surface area contributed by atoms with Gasteiger partial charge in [-0.05, 0) is 55.5 Å². The molecule has 0 aliphatic rings. The van der Waals surface area contributed by atoms with E-state index < -0.39 is 0 Å². The van der Waals surface area contributed by atoms with Crippen LogP contribution in [-0.2, 0) is 0 Å². The maximum atomic E-state index is 12.1. The van der Waals surface area contributed by atoms with Crippen LogP contribution in [0.2, 0.25) is 0 Å². The zero-order valence-electron chi connectivity index (χ0n) is 15.7. The Labute approximate surface area is 150 Å². The number of carbonyl (C=O) groups excluding carboxylic acids is 1. The zero-order valence-corrected chi connectivity index (χ0v) is 15.7. The lowest BCUT2D eigenvalue weighted by atomic mass is 10.0. The summed E-state index contributed by atoms with van der Waals surface area (Å²) in [6.45, 7) is 10.7. The second-order valence-corrected chi connectivity index (χ2v) is 6.81. The van der Waals surface area contributed by atoms with Crippen LogP contribution < -0.4 is 15.4 Å². The Balaban J connectivity index is 1.83. The zero-order chi connectivity index (χ0) is 18.4. The van der Waals surface area contributed by atoms with E-state index in [9.17, 15) is 4.79 Å². The molecule has 1 atom stereocenters. The molecule has 0 aliphatic heterocycles. The summed E-state index contributed by atoms with van der Waals surface area (Å²) in [7, 11) is 0. The fraction of sp³-hybridized carbons (Fsp3) is 0.381. The Kier molecular flexibility index (Phi) is 6.45. The van der Waals surface area contributed by atoms with Gasteiger partial charge in [0, 0.05) is 5.69 Å². The van der Waals surface area contributed by atoms with Crippen LogP contribution in [0.4, 0.5) is 10.5 Å². The van der Waals surface area contributed by atoms with Crippen LogP contribution >= 0.6 is 0 Å². The lowest BCUT2D eigenvalue weighted by molar-refractivity contribution is 0.236. The molecular weight excluding hydrogens is 312 g/mol. The molecule has 0 saturated heterocycles. The topological polar surface area (TPSA) is 50.4 Å². The molecule has 0 heterocycles. The second-order valence-electron chi connectivity index (χ2n) is 6.81. The molecule has 2 rings (SSSR count). The summed E-state index contributed by atoms with van der Waals surface area (Å²) in [5, 5.41) is 5.75. The summed E-state index contributed by atoms with van der Waals surface area (Å²) in [6, 6.07) is 13.6. The van der Waals surface area contributed by atoms with Crippen molar-refractivity contribution in [2.75, 3.05) is 11.9 Å². The summed E-state index contributed by atoms with van der Waals surface area (Å²) >= 11 is 0. The van der Waals surface area contributed by atoms with Gasteiger partial charge in [-0.1, -0.05) is 44.2 Å². The largest absolute Gasteiger partial charge is 0.491 e. The highest BCUT2D eigenvalue weighted by Gasteiger charge is 2.10. The lowest BCUT2D eigenvalue weighted by Gasteiger charge is -2.18. The molecule has 2 N–H and O–H groups in total. The van der Waals surface area contributed by atoms with Gasteiger partial charge in [0.2, 0.25) is 0 Å². The number of hydrogen-bond acceptors (Lipinski definition) is 2. The second kappa shape index (κ2) is 8.56. The number of ether oxygens (including phenoxy) is 1. The molecule has 0 aromatic heterocycles. The molecule has 25 heavy (non-hydrogen) atoms. The van der Waals surface area contributed by atoms with Gasteiger partial charge in [-0.15, -0.1) is 0 Å². The Morgan fingerprint density at radius 1 is 1.00 bits per heavy atom. The third-order valence-corrected chi connectivity index (χ3v) is 4.10. The number of benzene rings is 2. The Hall–Kier alpha value is -2.49. The first-order valence-electron chi connectivity index (χ1n) is 8.73. The fourth-order valence-electron chi connectivity index (χ4n) is 2.62. The maximum absolute atomic E-state index is 12.1. The number of rotatable bonds is 6. The van der Waals surface area contributed by atoms with E-state index >= 15 is 0 Å². The number of urea groups is 1. The van der Waals surface area contributed by atoms with Crippen molar-refractivity contribution in [3.05, 3.63) is 59.2 Å². The molecule has 0 radical (unpaired) electrons. The van der Waals surface area contributed by atoms with Gasteiger partial charge in [-0.25, -0.2) is 4.79 Å². The van der Waals surface area contributed by atoms with Gasteiger partial charge < -0.3 is 15.4 Å². The summed E-state index contributed by atoms with van der Waals surface area (Å²) in [4.78, 5) is 12.1. The Bertz CT molecular complexity index is 688. The van der Waals surface area contributed by atoms with Gasteiger partial charge in [-0.3, -0.25) is 0 Å². The fourth-order valence-corrected chi connectivity index (χ4v) is 2.62. The van der Waals surface area contributed by atoms with Gasteiger partial charge in [0.15, 0.2) is 0 Å². The van der Waals surface area contributed by atoms with E-state index in [1.807, 2.05) is 63.2 Å². The van der Waals surface area contributed by atoms with Crippen LogP contribution in [0.1, 0.15) is 43.4 Å². The third kappa shape index (κ3) is 5.52. The van der Waals surface area contributed by atoms with Crippen molar-refractivity contribution in [3.8, 4) is 5.75 Å². The summed E-state index contributed by atoms with van der Waals surface area (Å²) in [6.07, 6.45) is 0. The van der Waals surface area contributed by atoms with Crippen molar-refractivity contribution in [1.29, 1.82) is 0 Å². The van der Waals surface area contributed by atoms with Gasteiger partial charge in [0.05, 0.1) is 6.04 Å². The quantitative estimate of drug-likeness (QED) is 0.776. The molecule has 4 nitrogen and oxygen atoms in total. The van der Waals surface area contributed by atoms with Crippen molar-refractivity contribution in [3.63, 3.8) is 0 Å². The molecule has 2 aromatic rings. The Morgan fingerprint density at radius 3 is 2.16 bits per heavy atom. The highest BCUT2D eigenvalue weighted by molar-refractivity contribution is 5.89. The number of aryl methyl sites for hydroxylation is 2. The van der Waals surface area contributed by atoms with Gasteiger partial charge in [0.1, 0.15) is 12.4 Å². The number of nitrogens with one attached hydrogen (secondary N) is 2.